The second-order valence-corrected chi connectivity index (χ2v) is 8.72. The van der Waals surface area contributed by atoms with E-state index in [1.165, 1.54) is 0 Å². The molecule has 1 aliphatic heterocycles. The van der Waals surface area contributed by atoms with Crippen LogP contribution in [0.4, 0.5) is 5.69 Å². The van der Waals surface area contributed by atoms with Gasteiger partial charge in [0.25, 0.3) is 5.91 Å². The quantitative estimate of drug-likeness (QED) is 0.447. The number of benzene rings is 2. The van der Waals surface area contributed by atoms with E-state index in [4.69, 9.17) is 16.6 Å². The molecule has 2 aromatic rings. The molecule has 1 unspecified atom stereocenters. The van der Waals surface area contributed by atoms with Crippen LogP contribution in [0.3, 0.4) is 0 Å². The van der Waals surface area contributed by atoms with Crippen LogP contribution in [0.15, 0.2) is 82.8 Å². The number of benzodiazepines with no additional fused rings is 1. The maximum atomic E-state index is 13.2. The summed E-state index contributed by atoms with van der Waals surface area (Å²) in [4.78, 5) is 19.8. The molecule has 4 nitrogen and oxygen atoms in total. The SMILES string of the molecule is C=C/C=C(/CCCC1N=C(c2ccc(O)cc2)c2cc(Cl)ccc2N(C)C1=O)C(=C)Br. The highest BCUT2D eigenvalue weighted by Gasteiger charge is 2.30. The number of amides is 1. The topological polar surface area (TPSA) is 52.9 Å². The summed E-state index contributed by atoms with van der Waals surface area (Å²) in [7, 11) is 1.76. The maximum absolute atomic E-state index is 13.2. The van der Waals surface area contributed by atoms with E-state index < -0.39 is 6.04 Å². The fourth-order valence-corrected chi connectivity index (χ4v) is 4.09. The van der Waals surface area contributed by atoms with Crippen LogP contribution in [-0.2, 0) is 4.79 Å². The molecule has 0 spiro atoms. The predicted octanol–water partition coefficient (Wildman–Crippen LogP) is 6.42. The first-order valence-electron chi connectivity index (χ1n) is 9.93. The molecule has 3 rings (SSSR count). The van der Waals surface area contributed by atoms with Gasteiger partial charge in [-0.15, -0.1) is 0 Å². The average molecular weight is 500 g/mol. The Morgan fingerprint density at radius 2 is 2.00 bits per heavy atom. The summed E-state index contributed by atoms with van der Waals surface area (Å²) >= 11 is 9.71. The predicted molar refractivity (Wildman–Crippen MR) is 133 cm³/mol. The van der Waals surface area contributed by atoms with Crippen molar-refractivity contribution in [3.8, 4) is 5.75 Å². The van der Waals surface area contributed by atoms with Gasteiger partial charge in [0.2, 0.25) is 0 Å². The molecule has 0 fully saturated rings. The summed E-state index contributed by atoms with van der Waals surface area (Å²) in [6.45, 7) is 7.69. The van der Waals surface area contributed by atoms with Crippen LogP contribution < -0.4 is 4.90 Å². The first-order chi connectivity index (χ1) is 14.8. The van der Waals surface area contributed by atoms with Crippen LogP contribution in [0.2, 0.25) is 5.02 Å². The number of anilines is 1. The second-order valence-electron chi connectivity index (χ2n) is 7.32. The van der Waals surface area contributed by atoms with Crippen molar-refractivity contribution in [1.29, 1.82) is 0 Å². The van der Waals surface area contributed by atoms with Gasteiger partial charge in [0.15, 0.2) is 0 Å². The molecule has 0 aromatic heterocycles. The number of hydrogen-bond acceptors (Lipinski definition) is 3. The van der Waals surface area contributed by atoms with Gasteiger partial charge in [0.1, 0.15) is 11.8 Å². The van der Waals surface area contributed by atoms with E-state index in [9.17, 15) is 9.90 Å². The molecule has 31 heavy (non-hydrogen) atoms. The molecule has 1 N–H and O–H groups in total. The number of fused-ring (bicyclic) bond motifs is 1. The molecule has 1 aliphatic rings. The Morgan fingerprint density at radius 3 is 2.65 bits per heavy atom. The van der Waals surface area contributed by atoms with E-state index in [1.54, 1.807) is 48.4 Å². The average Bonchev–Trinajstić information content (AvgIpc) is 2.84. The highest BCUT2D eigenvalue weighted by molar-refractivity contribution is 9.11. The normalized spacial score (nSPS) is 16.4. The Balaban J connectivity index is 1.99. The lowest BCUT2D eigenvalue weighted by Gasteiger charge is -2.20. The summed E-state index contributed by atoms with van der Waals surface area (Å²) in [6.07, 6.45) is 5.75. The van der Waals surface area contributed by atoms with Gasteiger partial charge in [-0.2, -0.15) is 0 Å². The standard InChI is InChI=1S/C25H24BrClN2O2/c1-4-6-17(16(2)26)7-5-8-22-25(31)29(3)23-14-11-19(27)15-21(23)24(28-22)18-9-12-20(30)13-10-18/h4,6,9-15,22,30H,1-2,5,7-8H2,3H3/b17-6-. The van der Waals surface area contributed by atoms with E-state index in [0.717, 1.165) is 39.7 Å². The summed E-state index contributed by atoms with van der Waals surface area (Å²) in [6, 6.07) is 11.7. The van der Waals surface area contributed by atoms with Crippen LogP contribution in [-0.4, -0.2) is 29.8 Å². The number of likely N-dealkylation sites (N-methyl/N-ethyl adjacent to an activating group) is 1. The van der Waals surface area contributed by atoms with Crippen molar-refractivity contribution in [2.75, 3.05) is 11.9 Å². The summed E-state index contributed by atoms with van der Waals surface area (Å²) < 4.78 is 0.812. The highest BCUT2D eigenvalue weighted by atomic mass is 79.9. The number of hydrogen-bond donors (Lipinski definition) is 1. The van der Waals surface area contributed by atoms with E-state index in [1.807, 2.05) is 18.2 Å². The van der Waals surface area contributed by atoms with Crippen molar-refractivity contribution in [3.05, 3.63) is 94.0 Å². The monoisotopic (exact) mass is 498 g/mol. The Bertz CT molecular complexity index is 1070. The van der Waals surface area contributed by atoms with Crippen molar-refractivity contribution in [2.45, 2.75) is 25.3 Å². The van der Waals surface area contributed by atoms with Gasteiger partial charge in [-0.1, -0.05) is 52.8 Å². The number of aliphatic imine (C=N–C) groups is 1. The van der Waals surface area contributed by atoms with Gasteiger partial charge in [-0.05, 0) is 67.3 Å². The van der Waals surface area contributed by atoms with Gasteiger partial charge in [-0.25, -0.2) is 0 Å². The second kappa shape index (κ2) is 10.1. The molecule has 1 atom stereocenters. The zero-order valence-corrected chi connectivity index (χ0v) is 19.7. The minimum absolute atomic E-state index is 0.0655. The molecule has 0 bridgehead atoms. The Hall–Kier alpha value is -2.63. The number of rotatable bonds is 7. The number of aromatic hydroxyl groups is 1. The fourth-order valence-electron chi connectivity index (χ4n) is 3.59. The van der Waals surface area contributed by atoms with Crippen molar-refractivity contribution in [3.63, 3.8) is 0 Å². The molecule has 1 heterocycles. The van der Waals surface area contributed by atoms with E-state index >= 15 is 0 Å². The van der Waals surface area contributed by atoms with Crippen LogP contribution in [0.1, 0.15) is 30.4 Å². The molecule has 0 radical (unpaired) electrons. The van der Waals surface area contributed by atoms with E-state index in [0.29, 0.717) is 17.2 Å². The lowest BCUT2D eigenvalue weighted by atomic mass is 10.00. The third-order valence-corrected chi connectivity index (χ3v) is 5.95. The molecule has 160 valence electrons. The number of allylic oxidation sites excluding steroid dienone is 4. The van der Waals surface area contributed by atoms with Crippen LogP contribution in [0.5, 0.6) is 5.75 Å². The molecule has 2 aromatic carbocycles. The maximum Gasteiger partial charge on any atom is 0.251 e. The minimum atomic E-state index is -0.534. The molecule has 0 saturated carbocycles. The molecular formula is C25H24BrClN2O2. The number of carbonyl (C=O) groups is 1. The zero-order valence-electron chi connectivity index (χ0n) is 17.3. The van der Waals surface area contributed by atoms with Crippen molar-refractivity contribution in [2.24, 2.45) is 4.99 Å². The molecule has 0 saturated heterocycles. The van der Waals surface area contributed by atoms with Gasteiger partial charge in [0.05, 0.1) is 11.4 Å². The molecule has 1 amide bonds. The Kier molecular flexibility index (Phi) is 7.52. The summed E-state index contributed by atoms with van der Waals surface area (Å²) in [5.74, 6) is 0.106. The number of phenols is 1. The number of halogens is 2. The zero-order chi connectivity index (χ0) is 22.5. The third-order valence-electron chi connectivity index (χ3n) is 5.21. The van der Waals surface area contributed by atoms with E-state index in [-0.39, 0.29) is 11.7 Å². The molecule has 0 aliphatic carbocycles. The van der Waals surface area contributed by atoms with Gasteiger partial charge >= 0.3 is 0 Å². The van der Waals surface area contributed by atoms with Crippen molar-refractivity contribution >= 4 is 44.8 Å². The van der Waals surface area contributed by atoms with Gasteiger partial charge < -0.3 is 10.0 Å². The first kappa shape index (κ1) is 23.0. The van der Waals surface area contributed by atoms with Gasteiger partial charge in [0, 0.05) is 27.7 Å². The van der Waals surface area contributed by atoms with Crippen molar-refractivity contribution < 1.29 is 9.90 Å². The number of nitrogens with zero attached hydrogens (tertiary/aromatic N) is 2. The summed E-state index contributed by atoms with van der Waals surface area (Å²) in [5.41, 5.74) is 4.09. The minimum Gasteiger partial charge on any atom is -0.508 e. The Labute approximate surface area is 196 Å². The Morgan fingerprint density at radius 1 is 1.29 bits per heavy atom. The number of carbonyl (C=O) groups excluding carboxylic acids is 1. The fraction of sp³-hybridized carbons (Fsp3) is 0.200. The number of phenolic OH excluding ortho intramolecular Hbond substituents is 1. The summed E-state index contributed by atoms with van der Waals surface area (Å²) in [5, 5.41) is 10.3. The van der Waals surface area contributed by atoms with Crippen LogP contribution >= 0.6 is 27.5 Å². The van der Waals surface area contributed by atoms with Crippen LogP contribution in [0, 0.1) is 0 Å². The lowest BCUT2D eigenvalue weighted by molar-refractivity contribution is -0.119. The lowest BCUT2D eigenvalue weighted by Crippen LogP contribution is -2.34. The smallest absolute Gasteiger partial charge is 0.251 e. The third kappa shape index (κ3) is 5.35. The first-order valence-corrected chi connectivity index (χ1v) is 11.1. The largest absolute Gasteiger partial charge is 0.508 e. The highest BCUT2D eigenvalue weighted by Crippen LogP contribution is 2.32. The van der Waals surface area contributed by atoms with E-state index in [2.05, 4.69) is 29.1 Å². The van der Waals surface area contributed by atoms with Crippen LogP contribution in [0.25, 0.3) is 0 Å². The van der Waals surface area contributed by atoms with Crippen molar-refractivity contribution in [1.82, 2.24) is 0 Å². The molecule has 6 heteroatoms. The van der Waals surface area contributed by atoms with Gasteiger partial charge in [-0.3, -0.25) is 9.79 Å². The molecular weight excluding hydrogens is 476 g/mol.